The van der Waals surface area contributed by atoms with E-state index in [1.165, 1.54) is 11.1 Å². The van der Waals surface area contributed by atoms with Gasteiger partial charge in [0.05, 0.1) is 0 Å². The molecule has 1 unspecified atom stereocenters. The number of nitrogens with one attached hydrogen (secondary N) is 1. The van der Waals surface area contributed by atoms with Crippen LogP contribution in [0.5, 0.6) is 0 Å². The first-order valence-corrected chi connectivity index (χ1v) is 6.67. The molecule has 1 atom stereocenters. The quantitative estimate of drug-likeness (QED) is 0.943. The number of rotatable bonds is 4. The number of hydrogen-bond acceptors (Lipinski definition) is 3. The number of likely N-dealkylation sites (N-methyl/N-ethyl adjacent to an activating group) is 1. The van der Waals surface area contributed by atoms with E-state index >= 15 is 0 Å². The third-order valence-electron chi connectivity index (χ3n) is 2.87. The predicted octanol–water partition coefficient (Wildman–Crippen LogP) is 3.05. The van der Waals surface area contributed by atoms with Gasteiger partial charge in [0.15, 0.2) is 0 Å². The van der Waals surface area contributed by atoms with Crippen LogP contribution in [0.15, 0.2) is 41.3 Å². The second kappa shape index (κ2) is 6.07. The van der Waals surface area contributed by atoms with E-state index in [4.69, 9.17) is 0 Å². The van der Waals surface area contributed by atoms with E-state index in [1.54, 1.807) is 6.20 Å². The van der Waals surface area contributed by atoms with Crippen LogP contribution in [-0.4, -0.2) is 17.0 Å². The van der Waals surface area contributed by atoms with Crippen LogP contribution in [0.3, 0.4) is 0 Å². The highest BCUT2D eigenvalue weighted by Crippen LogP contribution is 2.19. The summed E-state index contributed by atoms with van der Waals surface area (Å²) in [5, 5.41) is 3.34. The van der Waals surface area contributed by atoms with Crippen LogP contribution < -0.4 is 5.32 Å². The van der Waals surface area contributed by atoms with E-state index in [0.717, 1.165) is 16.6 Å². The second-order valence-corrected chi connectivity index (χ2v) is 5.20. The van der Waals surface area contributed by atoms with Crippen molar-refractivity contribution in [2.75, 3.05) is 7.05 Å². The molecule has 0 spiro atoms. The van der Waals surface area contributed by atoms with Gasteiger partial charge in [0, 0.05) is 34.8 Å². The Morgan fingerprint density at radius 3 is 2.83 bits per heavy atom. The zero-order valence-electron chi connectivity index (χ0n) is 10.5. The zero-order chi connectivity index (χ0) is 13.0. The van der Waals surface area contributed by atoms with Gasteiger partial charge in [-0.05, 0) is 65.6 Å². The van der Waals surface area contributed by atoms with Gasteiger partial charge in [0.2, 0.25) is 0 Å². The molecule has 2 rings (SSSR count). The van der Waals surface area contributed by atoms with Gasteiger partial charge in [-0.3, -0.25) is 9.97 Å². The molecule has 2 heterocycles. The molecular formula is C14H16BrN3. The minimum Gasteiger partial charge on any atom is -0.313 e. The largest absolute Gasteiger partial charge is 0.313 e. The molecule has 0 bridgehead atoms. The molecule has 3 nitrogen and oxygen atoms in total. The molecular weight excluding hydrogens is 290 g/mol. The zero-order valence-corrected chi connectivity index (χ0v) is 12.1. The van der Waals surface area contributed by atoms with Crippen LogP contribution in [0.1, 0.15) is 22.9 Å². The van der Waals surface area contributed by atoms with Gasteiger partial charge in [0.1, 0.15) is 0 Å². The molecule has 2 aromatic rings. The Morgan fingerprint density at radius 1 is 1.33 bits per heavy atom. The average molecular weight is 306 g/mol. The molecule has 0 aromatic carbocycles. The Kier molecular flexibility index (Phi) is 4.44. The van der Waals surface area contributed by atoms with Crippen molar-refractivity contribution in [2.24, 2.45) is 0 Å². The van der Waals surface area contributed by atoms with Crippen LogP contribution in [-0.2, 0) is 6.42 Å². The Bertz CT molecular complexity index is 528. The maximum Gasteiger partial charge on any atom is 0.0410 e. The lowest BCUT2D eigenvalue weighted by atomic mass is 10.0. The summed E-state index contributed by atoms with van der Waals surface area (Å²) in [5.74, 6) is 0. The normalized spacial score (nSPS) is 12.4. The molecule has 0 radical (unpaired) electrons. The van der Waals surface area contributed by atoms with Gasteiger partial charge in [-0.25, -0.2) is 0 Å². The van der Waals surface area contributed by atoms with Gasteiger partial charge in [-0.2, -0.15) is 0 Å². The van der Waals surface area contributed by atoms with Crippen LogP contribution in [0, 0.1) is 6.92 Å². The smallest absolute Gasteiger partial charge is 0.0410 e. The molecule has 0 aliphatic rings. The lowest BCUT2D eigenvalue weighted by Gasteiger charge is -2.17. The fourth-order valence-corrected chi connectivity index (χ4v) is 2.39. The van der Waals surface area contributed by atoms with Gasteiger partial charge in [-0.15, -0.1) is 0 Å². The van der Waals surface area contributed by atoms with Crippen molar-refractivity contribution in [1.29, 1.82) is 0 Å². The highest BCUT2D eigenvalue weighted by atomic mass is 79.9. The second-order valence-electron chi connectivity index (χ2n) is 4.29. The van der Waals surface area contributed by atoms with Crippen molar-refractivity contribution >= 4 is 15.9 Å². The molecule has 0 fully saturated rings. The highest BCUT2D eigenvalue weighted by Gasteiger charge is 2.10. The van der Waals surface area contributed by atoms with E-state index < -0.39 is 0 Å². The standard InChI is InChI=1S/C14H16BrN3/c1-10-5-12(3-4-18-10)14(16-2)7-11-6-13(15)9-17-8-11/h3-6,8-9,14,16H,7H2,1-2H3. The fourth-order valence-electron chi connectivity index (χ4n) is 1.97. The first-order chi connectivity index (χ1) is 8.69. The number of aryl methyl sites for hydroxylation is 1. The van der Waals surface area contributed by atoms with Gasteiger partial charge >= 0.3 is 0 Å². The maximum atomic E-state index is 4.23. The predicted molar refractivity (Wildman–Crippen MR) is 76.4 cm³/mol. The average Bonchev–Trinajstić information content (AvgIpc) is 2.36. The molecule has 4 heteroatoms. The summed E-state index contributed by atoms with van der Waals surface area (Å²) in [4.78, 5) is 8.43. The van der Waals surface area contributed by atoms with Crippen molar-refractivity contribution in [3.05, 3.63) is 58.1 Å². The summed E-state index contributed by atoms with van der Waals surface area (Å²) >= 11 is 3.45. The van der Waals surface area contributed by atoms with E-state index in [-0.39, 0.29) is 6.04 Å². The lowest BCUT2D eigenvalue weighted by molar-refractivity contribution is 0.589. The highest BCUT2D eigenvalue weighted by molar-refractivity contribution is 9.10. The van der Waals surface area contributed by atoms with Gasteiger partial charge in [-0.1, -0.05) is 0 Å². The van der Waals surface area contributed by atoms with Crippen molar-refractivity contribution in [3.63, 3.8) is 0 Å². The number of aromatic nitrogens is 2. The molecule has 2 aromatic heterocycles. The maximum absolute atomic E-state index is 4.23. The van der Waals surface area contributed by atoms with Crippen LogP contribution in [0.4, 0.5) is 0 Å². The van der Waals surface area contributed by atoms with Crippen LogP contribution in [0.2, 0.25) is 0 Å². The van der Waals surface area contributed by atoms with E-state index in [2.05, 4.69) is 49.4 Å². The minimum absolute atomic E-state index is 0.280. The molecule has 0 amide bonds. The third-order valence-corrected chi connectivity index (χ3v) is 3.31. The SMILES string of the molecule is CNC(Cc1cncc(Br)c1)c1ccnc(C)c1. The third kappa shape index (κ3) is 3.37. The summed E-state index contributed by atoms with van der Waals surface area (Å²) in [7, 11) is 1.98. The number of nitrogens with zero attached hydrogens (tertiary/aromatic N) is 2. The fraction of sp³-hybridized carbons (Fsp3) is 0.286. The Balaban J connectivity index is 2.19. The Labute approximate surface area is 116 Å². The molecule has 0 saturated heterocycles. The number of halogens is 1. The summed E-state index contributed by atoms with van der Waals surface area (Å²) < 4.78 is 1.01. The first kappa shape index (κ1) is 13.2. The Morgan fingerprint density at radius 2 is 2.17 bits per heavy atom. The topological polar surface area (TPSA) is 37.8 Å². The molecule has 0 saturated carbocycles. The number of pyridine rings is 2. The molecule has 1 N–H and O–H groups in total. The van der Waals surface area contributed by atoms with Crippen LogP contribution in [0.25, 0.3) is 0 Å². The van der Waals surface area contributed by atoms with Crippen LogP contribution >= 0.6 is 15.9 Å². The molecule has 18 heavy (non-hydrogen) atoms. The summed E-state index contributed by atoms with van der Waals surface area (Å²) in [6.45, 7) is 2.01. The molecule has 94 valence electrons. The van der Waals surface area contributed by atoms with Gasteiger partial charge in [0.25, 0.3) is 0 Å². The van der Waals surface area contributed by atoms with E-state index in [0.29, 0.717) is 0 Å². The van der Waals surface area contributed by atoms with Crippen molar-refractivity contribution < 1.29 is 0 Å². The molecule has 0 aliphatic heterocycles. The summed E-state index contributed by atoms with van der Waals surface area (Å²) in [6, 6.07) is 6.56. The van der Waals surface area contributed by atoms with E-state index in [9.17, 15) is 0 Å². The van der Waals surface area contributed by atoms with Crippen molar-refractivity contribution in [1.82, 2.24) is 15.3 Å². The van der Waals surface area contributed by atoms with Crippen molar-refractivity contribution in [3.8, 4) is 0 Å². The van der Waals surface area contributed by atoms with Gasteiger partial charge < -0.3 is 5.32 Å². The lowest BCUT2D eigenvalue weighted by Crippen LogP contribution is -2.19. The van der Waals surface area contributed by atoms with Crippen molar-refractivity contribution in [2.45, 2.75) is 19.4 Å². The van der Waals surface area contributed by atoms with E-state index in [1.807, 2.05) is 26.4 Å². The summed E-state index contributed by atoms with van der Waals surface area (Å²) in [5.41, 5.74) is 3.50. The monoisotopic (exact) mass is 305 g/mol. The molecule has 0 aliphatic carbocycles. The minimum atomic E-state index is 0.280. The Hall–Kier alpha value is -1.26. The number of hydrogen-bond donors (Lipinski definition) is 1. The summed E-state index contributed by atoms with van der Waals surface area (Å²) in [6.07, 6.45) is 6.47. The first-order valence-electron chi connectivity index (χ1n) is 5.88.